The molecule has 104 valence electrons. The highest BCUT2D eigenvalue weighted by Gasteiger charge is 2.14. The molecule has 1 aromatic carbocycles. The van der Waals surface area contributed by atoms with Gasteiger partial charge in [0.05, 0.1) is 18.7 Å². The first kappa shape index (κ1) is 15.9. The lowest BCUT2D eigenvalue weighted by Gasteiger charge is -2.19. The normalized spacial score (nSPS) is 10.1. The fourth-order valence-corrected chi connectivity index (χ4v) is 2.22. The molecule has 2 amide bonds. The molecule has 0 saturated carbocycles. The fraction of sp³-hybridized carbons (Fsp3) is 0.385. The fourth-order valence-electron chi connectivity index (χ4n) is 1.59. The van der Waals surface area contributed by atoms with Gasteiger partial charge in [0.1, 0.15) is 0 Å². The van der Waals surface area contributed by atoms with Crippen molar-refractivity contribution in [3.05, 3.63) is 33.4 Å². The van der Waals surface area contributed by atoms with E-state index in [2.05, 4.69) is 27.9 Å². The predicted molar refractivity (Wildman–Crippen MR) is 80.8 cm³/mol. The molecule has 19 heavy (non-hydrogen) atoms. The summed E-state index contributed by atoms with van der Waals surface area (Å²) in [6.07, 6.45) is 0. The van der Waals surface area contributed by atoms with E-state index in [0.717, 1.165) is 3.57 Å². The number of amides is 2. The third-order valence-corrected chi connectivity index (χ3v) is 3.56. The molecule has 0 saturated heterocycles. The average Bonchev–Trinajstić information content (AvgIpc) is 2.42. The molecule has 0 unspecified atom stereocenters. The van der Waals surface area contributed by atoms with E-state index >= 15 is 0 Å². The van der Waals surface area contributed by atoms with Crippen molar-refractivity contribution in [1.82, 2.24) is 10.2 Å². The van der Waals surface area contributed by atoms with Crippen LogP contribution in [0.4, 0.5) is 0 Å². The summed E-state index contributed by atoms with van der Waals surface area (Å²) >= 11 is 2.08. The van der Waals surface area contributed by atoms with E-state index in [-0.39, 0.29) is 31.5 Å². The van der Waals surface area contributed by atoms with Crippen LogP contribution in [0.25, 0.3) is 0 Å². The zero-order valence-electron chi connectivity index (χ0n) is 10.7. The molecular formula is C13H17IN2O3. The van der Waals surface area contributed by atoms with E-state index < -0.39 is 0 Å². The van der Waals surface area contributed by atoms with E-state index in [1.54, 1.807) is 12.1 Å². The van der Waals surface area contributed by atoms with Gasteiger partial charge in [0, 0.05) is 16.7 Å². The molecule has 0 aliphatic rings. The second kappa shape index (κ2) is 8.11. The molecule has 0 aromatic heterocycles. The standard InChI is InChI=1S/C13H17IN2O3/c1-2-16(7-8-17)12(18)9-15-13(19)10-5-3-4-6-11(10)14/h3-6,17H,2,7-9H2,1H3,(H,15,19). The number of hydrogen-bond donors (Lipinski definition) is 2. The Kier molecular flexibility index (Phi) is 6.79. The summed E-state index contributed by atoms with van der Waals surface area (Å²) in [4.78, 5) is 25.2. The van der Waals surface area contributed by atoms with Crippen molar-refractivity contribution in [2.75, 3.05) is 26.2 Å². The summed E-state index contributed by atoms with van der Waals surface area (Å²) in [5.74, 6) is -0.464. The van der Waals surface area contributed by atoms with Gasteiger partial charge in [-0.05, 0) is 41.6 Å². The number of hydrogen-bond acceptors (Lipinski definition) is 3. The zero-order valence-corrected chi connectivity index (χ0v) is 12.9. The van der Waals surface area contributed by atoms with Crippen LogP contribution in [-0.4, -0.2) is 48.1 Å². The van der Waals surface area contributed by atoms with Gasteiger partial charge < -0.3 is 15.3 Å². The summed E-state index contributed by atoms with van der Waals surface area (Å²) in [7, 11) is 0. The van der Waals surface area contributed by atoms with Gasteiger partial charge in [-0.25, -0.2) is 0 Å². The number of benzene rings is 1. The Hall–Kier alpha value is -1.15. The van der Waals surface area contributed by atoms with Gasteiger partial charge in [0.2, 0.25) is 5.91 Å². The summed E-state index contributed by atoms with van der Waals surface area (Å²) in [6.45, 7) is 2.49. The first-order valence-corrected chi connectivity index (χ1v) is 7.09. The van der Waals surface area contributed by atoms with Crippen molar-refractivity contribution in [3.8, 4) is 0 Å². The largest absolute Gasteiger partial charge is 0.395 e. The lowest BCUT2D eigenvalue weighted by atomic mass is 10.2. The molecule has 0 radical (unpaired) electrons. The van der Waals surface area contributed by atoms with Crippen LogP contribution in [0.2, 0.25) is 0 Å². The van der Waals surface area contributed by atoms with Gasteiger partial charge in [-0.1, -0.05) is 12.1 Å². The van der Waals surface area contributed by atoms with Crippen LogP contribution in [0.1, 0.15) is 17.3 Å². The maximum atomic E-state index is 11.9. The average molecular weight is 376 g/mol. The Labute approximate surface area is 126 Å². The zero-order chi connectivity index (χ0) is 14.3. The Morgan fingerprint density at radius 1 is 1.37 bits per heavy atom. The SMILES string of the molecule is CCN(CCO)C(=O)CNC(=O)c1ccccc1I. The van der Waals surface area contributed by atoms with Crippen LogP contribution in [0.3, 0.4) is 0 Å². The molecule has 2 N–H and O–H groups in total. The van der Waals surface area contributed by atoms with Crippen molar-refractivity contribution in [1.29, 1.82) is 0 Å². The number of carbonyl (C=O) groups is 2. The summed E-state index contributed by atoms with van der Waals surface area (Å²) < 4.78 is 0.841. The van der Waals surface area contributed by atoms with Crippen LogP contribution in [0.5, 0.6) is 0 Å². The van der Waals surface area contributed by atoms with Crippen molar-refractivity contribution in [2.45, 2.75) is 6.92 Å². The molecule has 6 heteroatoms. The minimum Gasteiger partial charge on any atom is -0.395 e. The van der Waals surface area contributed by atoms with Gasteiger partial charge in [-0.2, -0.15) is 0 Å². The summed E-state index contributed by atoms with van der Waals surface area (Å²) in [6, 6.07) is 7.18. The predicted octanol–water partition coefficient (Wildman–Crippen LogP) is 0.862. The quantitative estimate of drug-likeness (QED) is 0.724. The number of nitrogens with zero attached hydrogens (tertiary/aromatic N) is 1. The number of carbonyl (C=O) groups excluding carboxylic acids is 2. The van der Waals surface area contributed by atoms with Crippen LogP contribution in [0, 0.1) is 3.57 Å². The highest BCUT2D eigenvalue weighted by atomic mass is 127. The highest BCUT2D eigenvalue weighted by molar-refractivity contribution is 14.1. The molecule has 0 heterocycles. The topological polar surface area (TPSA) is 69.6 Å². The van der Waals surface area contributed by atoms with Gasteiger partial charge in [0.15, 0.2) is 0 Å². The monoisotopic (exact) mass is 376 g/mol. The molecule has 0 atom stereocenters. The second-order valence-corrected chi connectivity index (χ2v) is 5.02. The van der Waals surface area contributed by atoms with E-state index in [1.807, 2.05) is 19.1 Å². The third kappa shape index (κ3) is 4.79. The first-order chi connectivity index (χ1) is 9.10. The van der Waals surface area contributed by atoms with Gasteiger partial charge in [0.25, 0.3) is 5.91 Å². The molecule has 0 spiro atoms. The summed E-state index contributed by atoms with van der Waals surface area (Å²) in [5, 5.41) is 11.4. The van der Waals surface area contributed by atoms with Crippen molar-refractivity contribution in [3.63, 3.8) is 0 Å². The van der Waals surface area contributed by atoms with Gasteiger partial charge in [-0.3, -0.25) is 9.59 Å². The first-order valence-electron chi connectivity index (χ1n) is 6.01. The molecule has 5 nitrogen and oxygen atoms in total. The molecule has 1 aromatic rings. The Morgan fingerprint density at radius 2 is 2.05 bits per heavy atom. The molecule has 0 bridgehead atoms. The van der Waals surface area contributed by atoms with Crippen LogP contribution in [0.15, 0.2) is 24.3 Å². The number of rotatable bonds is 6. The molecule has 0 aliphatic heterocycles. The number of nitrogens with one attached hydrogen (secondary N) is 1. The van der Waals surface area contributed by atoms with Crippen molar-refractivity contribution < 1.29 is 14.7 Å². The smallest absolute Gasteiger partial charge is 0.252 e. The van der Waals surface area contributed by atoms with E-state index in [1.165, 1.54) is 4.90 Å². The maximum absolute atomic E-state index is 11.9. The van der Waals surface area contributed by atoms with Crippen LogP contribution in [-0.2, 0) is 4.79 Å². The number of halogens is 1. The molecular weight excluding hydrogens is 359 g/mol. The third-order valence-electron chi connectivity index (χ3n) is 2.62. The minimum absolute atomic E-state index is 0.0579. The summed E-state index contributed by atoms with van der Waals surface area (Å²) in [5.41, 5.74) is 0.557. The van der Waals surface area contributed by atoms with Crippen LogP contribution < -0.4 is 5.32 Å². The van der Waals surface area contributed by atoms with E-state index in [0.29, 0.717) is 12.1 Å². The number of aliphatic hydroxyl groups excluding tert-OH is 1. The van der Waals surface area contributed by atoms with Crippen LogP contribution >= 0.6 is 22.6 Å². The minimum atomic E-state index is -0.265. The van der Waals surface area contributed by atoms with E-state index in [9.17, 15) is 9.59 Å². The van der Waals surface area contributed by atoms with Gasteiger partial charge in [-0.15, -0.1) is 0 Å². The Morgan fingerprint density at radius 3 is 2.63 bits per heavy atom. The van der Waals surface area contributed by atoms with Crippen molar-refractivity contribution in [2.24, 2.45) is 0 Å². The van der Waals surface area contributed by atoms with E-state index in [4.69, 9.17) is 5.11 Å². The van der Waals surface area contributed by atoms with Gasteiger partial charge >= 0.3 is 0 Å². The lowest BCUT2D eigenvalue weighted by molar-refractivity contribution is -0.130. The Bertz CT molecular complexity index is 451. The Balaban J connectivity index is 2.55. The second-order valence-electron chi connectivity index (χ2n) is 3.86. The molecule has 0 fully saturated rings. The molecule has 1 rings (SSSR count). The molecule has 0 aliphatic carbocycles. The van der Waals surface area contributed by atoms with Crippen molar-refractivity contribution >= 4 is 34.4 Å². The lowest BCUT2D eigenvalue weighted by Crippen LogP contribution is -2.41. The highest BCUT2D eigenvalue weighted by Crippen LogP contribution is 2.10. The number of likely N-dealkylation sites (N-methyl/N-ethyl adjacent to an activating group) is 1. The number of aliphatic hydroxyl groups is 1. The maximum Gasteiger partial charge on any atom is 0.252 e.